The molecule has 0 radical (unpaired) electrons. The molecule has 1 aliphatic rings. The summed E-state index contributed by atoms with van der Waals surface area (Å²) in [4.78, 5) is 0. The lowest BCUT2D eigenvalue weighted by molar-refractivity contribution is -0.137. The summed E-state index contributed by atoms with van der Waals surface area (Å²) in [5.74, 6) is 0. The van der Waals surface area contributed by atoms with Crippen LogP contribution in [0.4, 0.5) is 0 Å². The normalized spacial score (nSPS) is 31.7. The molecule has 1 saturated heterocycles. The molecule has 1 aliphatic heterocycles. The van der Waals surface area contributed by atoms with E-state index in [-0.39, 0.29) is 34.9 Å². The van der Waals surface area contributed by atoms with Gasteiger partial charge in [-0.3, -0.25) is 0 Å². The Balaban J connectivity index is 2.78. The van der Waals surface area contributed by atoms with Gasteiger partial charge in [0.05, 0.1) is 30.0 Å². The molecule has 3 heteroatoms. The van der Waals surface area contributed by atoms with Crippen molar-refractivity contribution in [3.63, 3.8) is 0 Å². The van der Waals surface area contributed by atoms with Gasteiger partial charge in [-0.25, -0.2) is 0 Å². The first-order valence-corrected chi connectivity index (χ1v) is 7.30. The van der Waals surface area contributed by atoms with Crippen molar-refractivity contribution in [3.8, 4) is 0 Å². The molecular formula is C16H32O3. The maximum Gasteiger partial charge on any atom is 0.108 e. The predicted octanol–water partition coefficient (Wildman–Crippen LogP) is 3.80. The molecule has 1 rings (SSSR count). The van der Waals surface area contributed by atoms with Crippen molar-refractivity contribution in [2.45, 2.75) is 91.8 Å². The highest BCUT2D eigenvalue weighted by atomic mass is 16.6. The van der Waals surface area contributed by atoms with Crippen LogP contribution in [0.2, 0.25) is 0 Å². The van der Waals surface area contributed by atoms with E-state index < -0.39 is 0 Å². The largest absolute Gasteiger partial charge is 0.373 e. The van der Waals surface area contributed by atoms with Crippen LogP contribution in [0, 0.1) is 5.41 Å². The summed E-state index contributed by atoms with van der Waals surface area (Å²) < 4.78 is 18.2. The van der Waals surface area contributed by atoms with Crippen LogP contribution in [0.1, 0.15) is 62.3 Å². The number of ether oxygens (including phenoxy) is 3. The zero-order valence-corrected chi connectivity index (χ0v) is 14.2. The molecule has 0 saturated carbocycles. The van der Waals surface area contributed by atoms with Crippen LogP contribution in [-0.2, 0) is 14.2 Å². The molecule has 0 spiro atoms. The molecule has 1 fully saturated rings. The Bertz CT molecular complexity index is 296. The summed E-state index contributed by atoms with van der Waals surface area (Å²) in [5.41, 5.74) is -0.319. The van der Waals surface area contributed by atoms with E-state index >= 15 is 0 Å². The van der Waals surface area contributed by atoms with E-state index in [2.05, 4.69) is 62.3 Å². The maximum atomic E-state index is 6.26. The summed E-state index contributed by atoms with van der Waals surface area (Å²) >= 11 is 0. The zero-order chi connectivity index (χ0) is 15.1. The second-order valence-electron chi connectivity index (χ2n) is 8.21. The molecule has 0 amide bonds. The second kappa shape index (κ2) is 5.34. The minimum absolute atomic E-state index is 0.000803. The minimum Gasteiger partial charge on any atom is -0.373 e. The van der Waals surface area contributed by atoms with Crippen LogP contribution in [0.3, 0.4) is 0 Å². The average molecular weight is 272 g/mol. The molecule has 1 heterocycles. The van der Waals surface area contributed by atoms with Gasteiger partial charge in [-0.2, -0.15) is 0 Å². The number of rotatable bonds is 3. The van der Waals surface area contributed by atoms with Gasteiger partial charge in [0.2, 0.25) is 0 Å². The summed E-state index contributed by atoms with van der Waals surface area (Å²) in [6, 6.07) is 0. The molecular weight excluding hydrogens is 240 g/mol. The van der Waals surface area contributed by atoms with E-state index in [1.54, 1.807) is 0 Å². The van der Waals surface area contributed by atoms with Gasteiger partial charge in [0.1, 0.15) is 6.10 Å². The van der Waals surface area contributed by atoms with Crippen LogP contribution < -0.4 is 0 Å². The molecule has 3 atom stereocenters. The van der Waals surface area contributed by atoms with Crippen LogP contribution in [-0.4, -0.2) is 36.1 Å². The first kappa shape index (κ1) is 16.9. The average Bonchev–Trinajstić information content (AvgIpc) is 2.36. The van der Waals surface area contributed by atoms with E-state index in [9.17, 15) is 0 Å². The molecule has 0 bridgehead atoms. The fraction of sp³-hybridized carbons (Fsp3) is 1.00. The Morgan fingerprint density at radius 3 is 1.95 bits per heavy atom. The Kier molecular flexibility index (Phi) is 4.76. The monoisotopic (exact) mass is 272 g/mol. The third-order valence-electron chi connectivity index (χ3n) is 3.66. The third kappa shape index (κ3) is 4.73. The highest BCUT2D eigenvalue weighted by Crippen LogP contribution is 2.42. The van der Waals surface area contributed by atoms with E-state index in [0.29, 0.717) is 6.61 Å². The van der Waals surface area contributed by atoms with Gasteiger partial charge < -0.3 is 14.2 Å². The molecule has 0 unspecified atom stereocenters. The lowest BCUT2D eigenvalue weighted by Gasteiger charge is -2.36. The van der Waals surface area contributed by atoms with Crippen molar-refractivity contribution < 1.29 is 14.2 Å². The van der Waals surface area contributed by atoms with E-state index in [0.717, 1.165) is 0 Å². The number of hydrogen-bond acceptors (Lipinski definition) is 3. The standard InChI is InChI=1S/C16H32O3/c1-11-16(8,9)13(19-15(5,6)7)12(18-11)10-17-14(2,3)4/h11-13H,10H2,1-9H3/t11-,12+,13-/m0/s1. The summed E-state index contributed by atoms with van der Waals surface area (Å²) in [6.45, 7) is 19.6. The topological polar surface area (TPSA) is 27.7 Å². The Morgan fingerprint density at radius 2 is 1.53 bits per heavy atom. The first-order valence-electron chi connectivity index (χ1n) is 7.30. The van der Waals surface area contributed by atoms with Gasteiger partial charge in [-0.05, 0) is 48.5 Å². The highest BCUT2D eigenvalue weighted by Gasteiger charge is 2.50. The van der Waals surface area contributed by atoms with Crippen LogP contribution in [0.15, 0.2) is 0 Å². The van der Waals surface area contributed by atoms with Crippen LogP contribution in [0.25, 0.3) is 0 Å². The van der Waals surface area contributed by atoms with Crippen molar-refractivity contribution in [2.24, 2.45) is 5.41 Å². The molecule has 19 heavy (non-hydrogen) atoms. The fourth-order valence-corrected chi connectivity index (χ4v) is 2.29. The lowest BCUT2D eigenvalue weighted by atomic mass is 9.81. The first-order chi connectivity index (χ1) is 8.33. The van der Waals surface area contributed by atoms with Gasteiger partial charge in [0.15, 0.2) is 0 Å². The maximum absolute atomic E-state index is 6.26. The van der Waals surface area contributed by atoms with Gasteiger partial charge in [0, 0.05) is 5.41 Å². The quantitative estimate of drug-likeness (QED) is 0.782. The fourth-order valence-electron chi connectivity index (χ4n) is 2.29. The van der Waals surface area contributed by atoms with Gasteiger partial charge in [-0.15, -0.1) is 0 Å². The van der Waals surface area contributed by atoms with Gasteiger partial charge in [0.25, 0.3) is 0 Å². The van der Waals surface area contributed by atoms with Crippen molar-refractivity contribution in [1.29, 1.82) is 0 Å². The van der Waals surface area contributed by atoms with Gasteiger partial charge >= 0.3 is 0 Å². The summed E-state index contributed by atoms with van der Waals surface area (Å²) in [7, 11) is 0. The Morgan fingerprint density at radius 1 is 1.00 bits per heavy atom. The second-order valence-corrected chi connectivity index (χ2v) is 8.21. The molecule has 0 N–H and O–H groups in total. The molecule has 0 aromatic rings. The summed E-state index contributed by atoms with van der Waals surface area (Å²) in [6.07, 6.45) is 0.238. The van der Waals surface area contributed by atoms with E-state index in [1.165, 1.54) is 0 Å². The Labute approximate surface area is 119 Å². The molecule has 0 aromatic heterocycles. The Hall–Kier alpha value is -0.120. The van der Waals surface area contributed by atoms with Crippen LogP contribution >= 0.6 is 0 Å². The van der Waals surface area contributed by atoms with Crippen molar-refractivity contribution >= 4 is 0 Å². The van der Waals surface area contributed by atoms with Crippen molar-refractivity contribution in [3.05, 3.63) is 0 Å². The molecule has 0 aliphatic carbocycles. The third-order valence-corrected chi connectivity index (χ3v) is 3.66. The highest BCUT2D eigenvalue weighted by molar-refractivity contribution is 4.97. The SMILES string of the molecule is C[C@@H]1O[C@H](COC(C)(C)C)[C@H](OC(C)(C)C)C1(C)C. The summed E-state index contributed by atoms with van der Waals surface area (Å²) in [5, 5.41) is 0. The molecule has 0 aromatic carbocycles. The van der Waals surface area contributed by atoms with E-state index in [1.807, 2.05) is 0 Å². The zero-order valence-electron chi connectivity index (χ0n) is 14.2. The van der Waals surface area contributed by atoms with Crippen LogP contribution in [0.5, 0.6) is 0 Å². The minimum atomic E-state index is -0.171. The predicted molar refractivity (Wildman–Crippen MR) is 78.4 cm³/mol. The smallest absolute Gasteiger partial charge is 0.108 e. The molecule has 114 valence electrons. The lowest BCUT2D eigenvalue weighted by Crippen LogP contribution is -2.44. The van der Waals surface area contributed by atoms with E-state index in [4.69, 9.17) is 14.2 Å². The molecule has 3 nitrogen and oxygen atoms in total. The van der Waals surface area contributed by atoms with Crippen molar-refractivity contribution in [1.82, 2.24) is 0 Å². The van der Waals surface area contributed by atoms with Crippen molar-refractivity contribution in [2.75, 3.05) is 6.61 Å². The number of hydrogen-bond donors (Lipinski definition) is 0. The van der Waals surface area contributed by atoms with Gasteiger partial charge in [-0.1, -0.05) is 13.8 Å².